The zero-order valence-electron chi connectivity index (χ0n) is 14.0. The zero-order valence-corrected chi connectivity index (χ0v) is 16.3. The number of aromatic nitrogens is 2. The first-order valence-corrected chi connectivity index (χ1v) is 8.84. The van der Waals surface area contributed by atoms with E-state index in [1.165, 1.54) is 0 Å². The molecule has 0 radical (unpaired) electrons. The number of carbonyl (C=O) groups excluding carboxylic acids is 1. The summed E-state index contributed by atoms with van der Waals surface area (Å²) in [7, 11) is 0. The Kier molecular flexibility index (Phi) is 7.67. The number of rotatable bonds is 5. The van der Waals surface area contributed by atoms with Crippen LogP contribution in [-0.2, 0) is 17.9 Å². The highest BCUT2D eigenvalue weighted by Gasteiger charge is 2.30. The molecule has 1 amide bonds. The molecule has 3 N–H and O–H groups in total. The minimum Gasteiger partial charge on any atom is -0.338 e. The summed E-state index contributed by atoms with van der Waals surface area (Å²) in [5.74, 6) is 0.817. The van der Waals surface area contributed by atoms with Crippen LogP contribution in [0.2, 0.25) is 10.0 Å². The van der Waals surface area contributed by atoms with Crippen LogP contribution in [0.25, 0.3) is 0 Å². The Morgan fingerprint density at radius 1 is 1.38 bits per heavy atom. The van der Waals surface area contributed by atoms with E-state index >= 15 is 0 Å². The molecule has 1 aromatic heterocycles. The maximum atomic E-state index is 12.7. The highest BCUT2D eigenvalue weighted by molar-refractivity contribution is 6.36. The van der Waals surface area contributed by atoms with Gasteiger partial charge in [0.15, 0.2) is 5.82 Å². The highest BCUT2D eigenvalue weighted by Crippen LogP contribution is 2.27. The second kappa shape index (κ2) is 9.53. The molecule has 0 spiro atoms. The Morgan fingerprint density at radius 2 is 2.19 bits per heavy atom. The Bertz CT molecular complexity index is 755. The molecule has 142 valence electrons. The number of nitrogens with zero attached hydrogens (tertiary/aromatic N) is 3. The Hall–Kier alpha value is -1.38. The molecule has 7 nitrogen and oxygen atoms in total. The molecule has 26 heavy (non-hydrogen) atoms. The van der Waals surface area contributed by atoms with Gasteiger partial charge < -0.3 is 15.6 Å². The van der Waals surface area contributed by atoms with Crippen LogP contribution >= 0.6 is 35.6 Å². The van der Waals surface area contributed by atoms with Gasteiger partial charge in [-0.2, -0.15) is 4.98 Å². The minimum atomic E-state index is -0.277. The van der Waals surface area contributed by atoms with Crippen molar-refractivity contribution in [3.63, 3.8) is 0 Å². The number of carbonyl (C=O) groups is 1. The van der Waals surface area contributed by atoms with Crippen molar-refractivity contribution in [1.82, 2.24) is 15.0 Å². The molecular formula is C16H20Cl3N5O2. The Morgan fingerprint density at radius 3 is 2.88 bits per heavy atom. The molecule has 0 bridgehead atoms. The third-order valence-corrected chi connectivity index (χ3v) is 4.68. The van der Waals surface area contributed by atoms with Crippen LogP contribution in [0, 0.1) is 0 Å². The summed E-state index contributed by atoms with van der Waals surface area (Å²) in [5.41, 5.74) is 6.03. The third kappa shape index (κ3) is 5.08. The first kappa shape index (κ1) is 20.9. The van der Waals surface area contributed by atoms with Crippen LogP contribution in [0.5, 0.6) is 0 Å². The van der Waals surface area contributed by atoms with Crippen molar-refractivity contribution in [3.05, 3.63) is 40.0 Å². The van der Waals surface area contributed by atoms with Crippen molar-refractivity contribution < 1.29 is 9.32 Å². The van der Waals surface area contributed by atoms with E-state index in [2.05, 4.69) is 15.5 Å². The van der Waals surface area contributed by atoms with Crippen LogP contribution in [0.3, 0.4) is 0 Å². The van der Waals surface area contributed by atoms with E-state index in [4.69, 9.17) is 33.5 Å². The van der Waals surface area contributed by atoms with Gasteiger partial charge in [-0.05, 0) is 37.6 Å². The maximum Gasteiger partial charge on any atom is 0.241 e. The molecule has 0 saturated carbocycles. The number of piperidine rings is 1. The summed E-state index contributed by atoms with van der Waals surface area (Å²) in [4.78, 5) is 19.0. The first-order chi connectivity index (χ1) is 12.1. The lowest BCUT2D eigenvalue weighted by Gasteiger charge is -2.33. The maximum absolute atomic E-state index is 12.7. The molecule has 1 saturated heterocycles. The van der Waals surface area contributed by atoms with E-state index in [1.807, 2.05) is 4.90 Å². The third-order valence-electron chi connectivity index (χ3n) is 4.13. The van der Waals surface area contributed by atoms with E-state index in [9.17, 15) is 4.79 Å². The number of nitrogens with two attached hydrogens (primary N) is 1. The lowest BCUT2D eigenvalue weighted by atomic mass is 10.0. The average Bonchev–Trinajstić information content (AvgIpc) is 3.05. The number of likely N-dealkylation sites (tertiary alicyclic amines) is 1. The van der Waals surface area contributed by atoms with Crippen molar-refractivity contribution in [2.24, 2.45) is 5.73 Å². The number of amides is 1. The van der Waals surface area contributed by atoms with E-state index in [1.54, 1.807) is 18.2 Å². The van der Waals surface area contributed by atoms with Gasteiger partial charge in [-0.25, -0.2) is 0 Å². The van der Waals surface area contributed by atoms with Gasteiger partial charge in [0.2, 0.25) is 11.8 Å². The van der Waals surface area contributed by atoms with Gasteiger partial charge in [0.1, 0.15) is 0 Å². The van der Waals surface area contributed by atoms with Crippen LogP contribution < -0.4 is 11.1 Å². The molecule has 1 aromatic carbocycles. The molecule has 1 fully saturated rings. The fourth-order valence-electron chi connectivity index (χ4n) is 2.90. The highest BCUT2D eigenvalue weighted by atomic mass is 35.5. The number of halogens is 3. The lowest BCUT2D eigenvalue weighted by Crippen LogP contribution is -2.46. The summed E-state index contributed by atoms with van der Waals surface area (Å²) in [6.07, 6.45) is 2.77. The number of hydrogen-bond acceptors (Lipinski definition) is 6. The second-order valence-corrected chi connectivity index (χ2v) is 6.75. The van der Waals surface area contributed by atoms with Crippen LogP contribution in [0.4, 0.5) is 5.69 Å². The van der Waals surface area contributed by atoms with Crippen LogP contribution in [0.1, 0.15) is 31.0 Å². The van der Waals surface area contributed by atoms with Gasteiger partial charge in [-0.1, -0.05) is 34.8 Å². The molecule has 2 heterocycles. The molecule has 1 aliphatic rings. The summed E-state index contributed by atoms with van der Waals surface area (Å²) in [6, 6.07) is 4.71. The summed E-state index contributed by atoms with van der Waals surface area (Å²) >= 11 is 12.0. The van der Waals surface area contributed by atoms with Gasteiger partial charge in [-0.3, -0.25) is 9.69 Å². The van der Waals surface area contributed by atoms with Crippen molar-refractivity contribution >= 4 is 47.2 Å². The van der Waals surface area contributed by atoms with Crippen LogP contribution in [0.15, 0.2) is 22.7 Å². The van der Waals surface area contributed by atoms with E-state index in [0.29, 0.717) is 34.0 Å². The number of anilines is 1. The smallest absolute Gasteiger partial charge is 0.241 e. The minimum absolute atomic E-state index is 0. The topological polar surface area (TPSA) is 97.3 Å². The normalized spacial score (nSPS) is 17.6. The lowest BCUT2D eigenvalue weighted by molar-refractivity contribution is -0.122. The number of hydrogen-bond donors (Lipinski definition) is 2. The van der Waals surface area contributed by atoms with Crippen LogP contribution in [-0.4, -0.2) is 33.5 Å². The van der Waals surface area contributed by atoms with Crippen molar-refractivity contribution in [2.75, 3.05) is 11.9 Å². The molecule has 10 heteroatoms. The van der Waals surface area contributed by atoms with Crippen molar-refractivity contribution in [2.45, 2.75) is 38.4 Å². The predicted molar refractivity (Wildman–Crippen MR) is 103 cm³/mol. The summed E-state index contributed by atoms with van der Waals surface area (Å²) in [5, 5.41) is 7.73. The van der Waals surface area contributed by atoms with E-state index < -0.39 is 0 Å². The fraction of sp³-hybridized carbons (Fsp3) is 0.438. The van der Waals surface area contributed by atoms with Gasteiger partial charge in [0, 0.05) is 5.02 Å². The molecule has 1 aliphatic heterocycles. The Labute approximate surface area is 167 Å². The molecular weight excluding hydrogens is 401 g/mol. The van der Waals surface area contributed by atoms with Gasteiger partial charge in [0.05, 0.1) is 29.8 Å². The number of benzene rings is 1. The second-order valence-electron chi connectivity index (χ2n) is 5.90. The largest absolute Gasteiger partial charge is 0.338 e. The van der Waals surface area contributed by atoms with Gasteiger partial charge in [0.25, 0.3) is 0 Å². The molecule has 2 aromatic rings. The zero-order chi connectivity index (χ0) is 17.8. The van der Waals surface area contributed by atoms with Crippen molar-refractivity contribution in [1.29, 1.82) is 0 Å². The summed E-state index contributed by atoms with van der Waals surface area (Å²) < 4.78 is 5.03. The molecule has 1 unspecified atom stereocenters. The molecule has 0 aliphatic carbocycles. The Balaban J connectivity index is 0.00000243. The average molecular weight is 421 g/mol. The molecule has 3 rings (SSSR count). The predicted octanol–water partition coefficient (Wildman–Crippen LogP) is 3.25. The van der Waals surface area contributed by atoms with E-state index in [0.717, 1.165) is 25.8 Å². The van der Waals surface area contributed by atoms with E-state index in [-0.39, 0.29) is 30.9 Å². The molecule has 1 atom stereocenters. The number of nitrogens with one attached hydrogen (secondary N) is 1. The quantitative estimate of drug-likeness (QED) is 0.770. The van der Waals surface area contributed by atoms with Gasteiger partial charge >= 0.3 is 0 Å². The standard InChI is InChI=1S/C16H19Cl2N5O2.ClH/c17-10-4-5-12(11(18)7-10)20-16(24)13-3-1-2-6-23(13)9-14-21-15(8-19)25-22-14;/h4-5,7,13H,1-3,6,8-9,19H2,(H,20,24);1H. The fourth-order valence-corrected chi connectivity index (χ4v) is 3.36. The first-order valence-electron chi connectivity index (χ1n) is 8.08. The van der Waals surface area contributed by atoms with Crippen molar-refractivity contribution in [3.8, 4) is 0 Å². The SMILES string of the molecule is Cl.NCc1nc(CN2CCCCC2C(=O)Nc2ccc(Cl)cc2Cl)no1. The monoisotopic (exact) mass is 419 g/mol. The van der Waals surface area contributed by atoms with Gasteiger partial charge in [-0.15, -0.1) is 12.4 Å². The summed E-state index contributed by atoms with van der Waals surface area (Å²) in [6.45, 7) is 1.43.